The second kappa shape index (κ2) is 5.90. The summed E-state index contributed by atoms with van der Waals surface area (Å²) in [7, 11) is 0. The summed E-state index contributed by atoms with van der Waals surface area (Å²) in [5, 5.41) is 3.79. The van der Waals surface area contributed by atoms with Gasteiger partial charge in [-0.05, 0) is 36.8 Å². The first-order valence-electron chi connectivity index (χ1n) is 6.84. The van der Waals surface area contributed by atoms with E-state index in [1.54, 1.807) is 30.6 Å². The van der Waals surface area contributed by atoms with Gasteiger partial charge in [0.25, 0.3) is 5.91 Å². The number of benzene rings is 1. The maximum atomic E-state index is 12.4. The standard InChI is InChI=1S/C16H15BrN4O/c1-9(18)11-3-2-10(8-13(11)17)16(22)21-14-5-7-20-15-12(14)4-6-19-15/h2-9H,18H2,1H3,(H2,19,20,21,22). The van der Waals surface area contributed by atoms with Crippen LogP contribution in [0.3, 0.4) is 0 Å². The number of H-pyrrole nitrogens is 1. The molecule has 0 saturated carbocycles. The minimum absolute atomic E-state index is 0.0915. The summed E-state index contributed by atoms with van der Waals surface area (Å²) < 4.78 is 0.830. The zero-order valence-corrected chi connectivity index (χ0v) is 13.5. The Morgan fingerprint density at radius 1 is 1.36 bits per heavy atom. The first kappa shape index (κ1) is 14.7. The Kier molecular flexibility index (Phi) is 3.96. The van der Waals surface area contributed by atoms with E-state index in [1.807, 2.05) is 19.1 Å². The van der Waals surface area contributed by atoms with E-state index in [-0.39, 0.29) is 11.9 Å². The Bertz CT molecular complexity index is 841. The predicted molar refractivity (Wildman–Crippen MR) is 90.8 cm³/mol. The van der Waals surface area contributed by atoms with Gasteiger partial charge in [0.1, 0.15) is 5.65 Å². The number of carbonyl (C=O) groups excluding carboxylic acids is 1. The fraction of sp³-hybridized carbons (Fsp3) is 0.125. The number of carbonyl (C=O) groups is 1. The van der Waals surface area contributed by atoms with E-state index >= 15 is 0 Å². The molecule has 0 spiro atoms. The molecule has 0 aliphatic rings. The molecule has 112 valence electrons. The highest BCUT2D eigenvalue weighted by Gasteiger charge is 2.12. The Morgan fingerprint density at radius 2 is 2.18 bits per heavy atom. The van der Waals surface area contributed by atoms with E-state index in [2.05, 4.69) is 31.2 Å². The van der Waals surface area contributed by atoms with Gasteiger partial charge < -0.3 is 16.0 Å². The van der Waals surface area contributed by atoms with Gasteiger partial charge >= 0.3 is 0 Å². The van der Waals surface area contributed by atoms with E-state index < -0.39 is 0 Å². The molecule has 0 bridgehead atoms. The maximum Gasteiger partial charge on any atom is 0.255 e. The van der Waals surface area contributed by atoms with Crippen LogP contribution in [0.5, 0.6) is 0 Å². The molecule has 3 aromatic rings. The third kappa shape index (κ3) is 2.75. The highest BCUT2D eigenvalue weighted by molar-refractivity contribution is 9.10. The summed E-state index contributed by atoms with van der Waals surface area (Å²) >= 11 is 3.46. The van der Waals surface area contributed by atoms with E-state index in [1.165, 1.54) is 0 Å². The molecule has 2 heterocycles. The number of hydrogen-bond acceptors (Lipinski definition) is 3. The first-order chi connectivity index (χ1) is 10.6. The van der Waals surface area contributed by atoms with Crippen LogP contribution in [-0.4, -0.2) is 15.9 Å². The van der Waals surface area contributed by atoms with Gasteiger partial charge in [-0.2, -0.15) is 0 Å². The normalized spacial score (nSPS) is 12.3. The Hall–Kier alpha value is -2.18. The van der Waals surface area contributed by atoms with Crippen molar-refractivity contribution < 1.29 is 4.79 Å². The largest absolute Gasteiger partial charge is 0.346 e. The number of nitrogens with two attached hydrogens (primary N) is 1. The molecule has 22 heavy (non-hydrogen) atoms. The number of fused-ring (bicyclic) bond motifs is 1. The molecule has 1 unspecified atom stereocenters. The van der Waals surface area contributed by atoms with Crippen molar-refractivity contribution in [2.45, 2.75) is 13.0 Å². The molecular weight excluding hydrogens is 344 g/mol. The predicted octanol–water partition coefficient (Wildman–Crippen LogP) is 3.60. The summed E-state index contributed by atoms with van der Waals surface area (Å²) in [5.74, 6) is -0.175. The molecule has 0 aliphatic heterocycles. The molecule has 6 heteroatoms. The van der Waals surface area contributed by atoms with Crippen molar-refractivity contribution in [1.82, 2.24) is 9.97 Å². The second-order valence-corrected chi connectivity index (χ2v) is 5.93. The number of nitrogens with one attached hydrogen (secondary N) is 2. The molecule has 0 fully saturated rings. The van der Waals surface area contributed by atoms with Crippen LogP contribution in [0.4, 0.5) is 5.69 Å². The number of rotatable bonds is 3. The van der Waals surface area contributed by atoms with Crippen molar-refractivity contribution in [3.05, 3.63) is 58.3 Å². The Morgan fingerprint density at radius 3 is 2.91 bits per heavy atom. The fourth-order valence-corrected chi connectivity index (χ4v) is 3.04. The zero-order valence-electron chi connectivity index (χ0n) is 11.9. The maximum absolute atomic E-state index is 12.4. The lowest BCUT2D eigenvalue weighted by Gasteiger charge is -2.11. The number of nitrogens with zero attached hydrogens (tertiary/aromatic N) is 1. The molecule has 0 saturated heterocycles. The van der Waals surface area contributed by atoms with Gasteiger partial charge in [0.05, 0.1) is 5.69 Å². The van der Waals surface area contributed by atoms with Crippen molar-refractivity contribution in [3.8, 4) is 0 Å². The molecule has 1 amide bonds. The van der Waals surface area contributed by atoms with Crippen LogP contribution < -0.4 is 11.1 Å². The summed E-state index contributed by atoms with van der Waals surface area (Å²) in [6.45, 7) is 1.90. The topological polar surface area (TPSA) is 83.8 Å². The first-order valence-corrected chi connectivity index (χ1v) is 7.64. The van der Waals surface area contributed by atoms with Gasteiger partial charge in [0, 0.05) is 33.9 Å². The van der Waals surface area contributed by atoms with Crippen molar-refractivity contribution in [3.63, 3.8) is 0 Å². The molecular formula is C16H15BrN4O. The van der Waals surface area contributed by atoms with Gasteiger partial charge in [-0.1, -0.05) is 22.0 Å². The van der Waals surface area contributed by atoms with Crippen LogP contribution in [0.1, 0.15) is 28.9 Å². The number of aromatic nitrogens is 2. The van der Waals surface area contributed by atoms with Crippen molar-refractivity contribution in [2.24, 2.45) is 5.73 Å². The average molecular weight is 359 g/mol. The highest BCUT2D eigenvalue weighted by atomic mass is 79.9. The van der Waals surface area contributed by atoms with Crippen molar-refractivity contribution in [1.29, 1.82) is 0 Å². The van der Waals surface area contributed by atoms with E-state index in [0.717, 1.165) is 26.8 Å². The number of pyridine rings is 1. The number of amides is 1. The lowest BCUT2D eigenvalue weighted by atomic mass is 10.1. The summed E-state index contributed by atoms with van der Waals surface area (Å²) in [4.78, 5) is 19.6. The minimum Gasteiger partial charge on any atom is -0.346 e. The fourth-order valence-electron chi connectivity index (χ4n) is 2.30. The molecule has 1 aromatic carbocycles. The van der Waals surface area contributed by atoms with Gasteiger partial charge in [-0.3, -0.25) is 4.79 Å². The Balaban J connectivity index is 1.89. The Labute approximate surface area is 136 Å². The number of halogens is 1. The smallest absolute Gasteiger partial charge is 0.255 e. The minimum atomic E-state index is -0.175. The number of hydrogen-bond donors (Lipinski definition) is 3. The highest BCUT2D eigenvalue weighted by Crippen LogP contribution is 2.25. The summed E-state index contributed by atoms with van der Waals surface area (Å²) in [6, 6.07) is 8.98. The quantitative estimate of drug-likeness (QED) is 0.668. The van der Waals surface area contributed by atoms with Crippen molar-refractivity contribution >= 4 is 38.6 Å². The number of aromatic amines is 1. The van der Waals surface area contributed by atoms with Crippen LogP contribution in [0.25, 0.3) is 11.0 Å². The third-order valence-corrected chi connectivity index (χ3v) is 4.15. The van der Waals surface area contributed by atoms with Gasteiger partial charge in [-0.15, -0.1) is 0 Å². The molecule has 5 nitrogen and oxygen atoms in total. The molecule has 4 N–H and O–H groups in total. The van der Waals surface area contributed by atoms with E-state index in [4.69, 9.17) is 5.73 Å². The lowest BCUT2D eigenvalue weighted by Crippen LogP contribution is -2.13. The van der Waals surface area contributed by atoms with E-state index in [0.29, 0.717) is 5.56 Å². The van der Waals surface area contributed by atoms with Crippen LogP contribution in [0, 0.1) is 0 Å². The van der Waals surface area contributed by atoms with Crippen molar-refractivity contribution in [2.75, 3.05) is 5.32 Å². The third-order valence-electron chi connectivity index (χ3n) is 3.46. The summed E-state index contributed by atoms with van der Waals surface area (Å²) in [6.07, 6.45) is 3.45. The van der Waals surface area contributed by atoms with Gasteiger partial charge in [0.15, 0.2) is 0 Å². The zero-order chi connectivity index (χ0) is 15.7. The molecule has 3 rings (SSSR count). The van der Waals surface area contributed by atoms with E-state index in [9.17, 15) is 4.79 Å². The number of anilines is 1. The molecule has 2 aromatic heterocycles. The second-order valence-electron chi connectivity index (χ2n) is 5.08. The molecule has 0 radical (unpaired) electrons. The van der Waals surface area contributed by atoms with Crippen LogP contribution in [0.15, 0.2) is 47.2 Å². The SMILES string of the molecule is CC(N)c1ccc(C(=O)Nc2ccnc3[nH]ccc23)cc1Br. The van der Waals surface area contributed by atoms with Gasteiger partial charge in [-0.25, -0.2) is 4.98 Å². The van der Waals surface area contributed by atoms with Gasteiger partial charge in [0.2, 0.25) is 0 Å². The van der Waals surface area contributed by atoms with Crippen LogP contribution in [-0.2, 0) is 0 Å². The monoisotopic (exact) mass is 358 g/mol. The summed E-state index contributed by atoms with van der Waals surface area (Å²) in [5.41, 5.74) is 8.87. The van der Waals surface area contributed by atoms with Crippen LogP contribution >= 0.6 is 15.9 Å². The average Bonchev–Trinajstić information content (AvgIpc) is 2.96. The molecule has 0 aliphatic carbocycles. The lowest BCUT2D eigenvalue weighted by molar-refractivity contribution is 0.102. The molecule has 1 atom stereocenters. The van der Waals surface area contributed by atoms with Crippen LogP contribution in [0.2, 0.25) is 0 Å².